The summed E-state index contributed by atoms with van der Waals surface area (Å²) in [7, 11) is 0. The molecule has 0 saturated carbocycles. The van der Waals surface area contributed by atoms with Crippen molar-refractivity contribution in [1.29, 1.82) is 0 Å². The van der Waals surface area contributed by atoms with Crippen molar-refractivity contribution >= 4 is 22.9 Å². The Labute approximate surface area is 198 Å². The Morgan fingerprint density at radius 2 is 1.71 bits per heavy atom. The molecular formula is C28H27N3O3. The molecule has 6 heteroatoms. The zero-order valence-corrected chi connectivity index (χ0v) is 19.3. The van der Waals surface area contributed by atoms with Crippen molar-refractivity contribution in [3.05, 3.63) is 112 Å². The summed E-state index contributed by atoms with van der Waals surface area (Å²) in [6.45, 7) is 4.59. The molecule has 1 heterocycles. The largest absolute Gasteiger partial charge is 0.489 e. The maximum absolute atomic E-state index is 12.9. The lowest BCUT2D eigenvalue weighted by Crippen LogP contribution is -2.36. The van der Waals surface area contributed by atoms with Crippen LogP contribution in [0.2, 0.25) is 0 Å². The van der Waals surface area contributed by atoms with E-state index in [2.05, 4.69) is 9.97 Å². The van der Waals surface area contributed by atoms with Gasteiger partial charge >= 0.3 is 0 Å². The number of benzene rings is 3. The van der Waals surface area contributed by atoms with Crippen molar-refractivity contribution < 1.29 is 9.53 Å². The maximum atomic E-state index is 12.9. The van der Waals surface area contributed by atoms with Crippen molar-refractivity contribution in [3.8, 4) is 5.75 Å². The molecule has 34 heavy (non-hydrogen) atoms. The smallest absolute Gasteiger partial charge is 0.258 e. The lowest BCUT2D eigenvalue weighted by atomic mass is 10.2. The van der Waals surface area contributed by atoms with Crippen LogP contribution in [0.15, 0.2) is 89.7 Å². The number of rotatable bonds is 8. The molecule has 3 aromatic carbocycles. The normalized spacial score (nSPS) is 11.3. The van der Waals surface area contributed by atoms with Gasteiger partial charge in [-0.05, 0) is 55.3 Å². The van der Waals surface area contributed by atoms with Crippen LogP contribution in [0.1, 0.15) is 30.8 Å². The van der Waals surface area contributed by atoms with Gasteiger partial charge in [0.15, 0.2) is 0 Å². The van der Waals surface area contributed by atoms with Gasteiger partial charge in [0.05, 0.1) is 17.4 Å². The molecule has 0 aliphatic rings. The van der Waals surface area contributed by atoms with Gasteiger partial charge in [-0.25, -0.2) is 4.98 Å². The number of hydrogen-bond donors (Lipinski definition) is 1. The fourth-order valence-corrected chi connectivity index (χ4v) is 3.57. The van der Waals surface area contributed by atoms with Crippen LogP contribution in [-0.2, 0) is 17.9 Å². The van der Waals surface area contributed by atoms with Gasteiger partial charge in [-0.3, -0.25) is 9.59 Å². The molecule has 4 aromatic rings. The van der Waals surface area contributed by atoms with Gasteiger partial charge in [0, 0.05) is 12.1 Å². The fraction of sp³-hybridized carbons (Fsp3) is 0.179. The zero-order chi connectivity index (χ0) is 23.9. The molecule has 1 aromatic heterocycles. The molecule has 0 fully saturated rings. The van der Waals surface area contributed by atoms with Crippen LogP contribution < -0.4 is 10.3 Å². The third-order valence-corrected chi connectivity index (χ3v) is 5.44. The first-order chi connectivity index (χ1) is 16.5. The van der Waals surface area contributed by atoms with E-state index in [1.54, 1.807) is 35.3 Å². The van der Waals surface area contributed by atoms with E-state index < -0.39 is 0 Å². The molecule has 0 atom stereocenters. The van der Waals surface area contributed by atoms with Crippen molar-refractivity contribution in [3.63, 3.8) is 0 Å². The average molecular weight is 454 g/mol. The molecule has 172 valence electrons. The number of nitrogens with one attached hydrogen (secondary N) is 1. The topological polar surface area (TPSA) is 75.3 Å². The standard InChI is InChI=1S/C28H27N3O3/c1-20(2)31(18-26-29-25-11-7-6-10-24(25)28(33)30-26)27(32)17-14-21-12-15-23(16-13-21)34-19-22-8-4-3-5-9-22/h3-17,20H,18-19H2,1-2H3,(H,29,30,33). The summed E-state index contributed by atoms with van der Waals surface area (Å²) in [5, 5.41) is 0.532. The second-order valence-electron chi connectivity index (χ2n) is 8.27. The molecule has 0 aliphatic heterocycles. The minimum Gasteiger partial charge on any atom is -0.489 e. The lowest BCUT2D eigenvalue weighted by Gasteiger charge is -2.25. The molecule has 4 rings (SSSR count). The van der Waals surface area contributed by atoms with Crippen molar-refractivity contribution in [2.45, 2.75) is 33.0 Å². The number of aromatic nitrogens is 2. The van der Waals surface area contributed by atoms with Crippen LogP contribution in [0, 0.1) is 0 Å². The van der Waals surface area contributed by atoms with E-state index in [-0.39, 0.29) is 24.1 Å². The summed E-state index contributed by atoms with van der Waals surface area (Å²) < 4.78 is 5.81. The Kier molecular flexibility index (Phi) is 7.18. The molecular weight excluding hydrogens is 426 g/mol. The molecule has 0 aliphatic carbocycles. The minimum atomic E-state index is -0.207. The molecule has 0 spiro atoms. The van der Waals surface area contributed by atoms with Crippen molar-refractivity contribution in [2.75, 3.05) is 0 Å². The first-order valence-corrected chi connectivity index (χ1v) is 11.2. The summed E-state index contributed by atoms with van der Waals surface area (Å²) in [6.07, 6.45) is 3.31. The first kappa shape index (κ1) is 23.0. The van der Waals surface area contributed by atoms with Crippen molar-refractivity contribution in [2.24, 2.45) is 0 Å². The molecule has 0 saturated heterocycles. The van der Waals surface area contributed by atoms with E-state index >= 15 is 0 Å². The van der Waals surface area contributed by atoms with E-state index in [4.69, 9.17) is 4.74 Å². The van der Waals surface area contributed by atoms with Crippen LogP contribution in [0.25, 0.3) is 17.0 Å². The van der Waals surface area contributed by atoms with Gasteiger partial charge in [0.2, 0.25) is 5.91 Å². The fourth-order valence-electron chi connectivity index (χ4n) is 3.57. The summed E-state index contributed by atoms with van der Waals surface area (Å²) >= 11 is 0. The van der Waals surface area contributed by atoms with Gasteiger partial charge in [-0.1, -0.05) is 54.6 Å². The van der Waals surface area contributed by atoms with Crippen LogP contribution in [0.5, 0.6) is 5.75 Å². The second kappa shape index (κ2) is 10.6. The van der Waals surface area contributed by atoms with Gasteiger partial charge in [-0.2, -0.15) is 0 Å². The van der Waals surface area contributed by atoms with Crippen LogP contribution >= 0.6 is 0 Å². The Hall–Kier alpha value is -4.19. The Morgan fingerprint density at radius 1 is 1.00 bits per heavy atom. The summed E-state index contributed by atoms with van der Waals surface area (Å²) in [4.78, 5) is 34.3. The Bertz CT molecular complexity index is 1340. The van der Waals surface area contributed by atoms with Crippen LogP contribution in [0.3, 0.4) is 0 Å². The second-order valence-corrected chi connectivity index (χ2v) is 8.27. The molecule has 0 unspecified atom stereocenters. The highest BCUT2D eigenvalue weighted by Gasteiger charge is 2.17. The van der Waals surface area contributed by atoms with E-state index in [1.165, 1.54) is 0 Å². The number of H-pyrrole nitrogens is 1. The molecule has 1 amide bonds. The average Bonchev–Trinajstić information content (AvgIpc) is 2.86. The Morgan fingerprint density at radius 3 is 2.44 bits per heavy atom. The number of amides is 1. The maximum Gasteiger partial charge on any atom is 0.258 e. The van der Waals surface area contributed by atoms with Crippen LogP contribution in [-0.4, -0.2) is 26.8 Å². The van der Waals surface area contributed by atoms with E-state index in [0.29, 0.717) is 23.3 Å². The van der Waals surface area contributed by atoms with Gasteiger partial charge in [0.25, 0.3) is 5.56 Å². The minimum absolute atomic E-state index is 0.0670. The highest BCUT2D eigenvalue weighted by Crippen LogP contribution is 2.16. The van der Waals surface area contributed by atoms with Gasteiger partial charge < -0.3 is 14.6 Å². The number of para-hydroxylation sites is 1. The predicted molar refractivity (Wildman–Crippen MR) is 134 cm³/mol. The third-order valence-electron chi connectivity index (χ3n) is 5.44. The van der Waals surface area contributed by atoms with E-state index in [1.807, 2.05) is 74.5 Å². The van der Waals surface area contributed by atoms with Crippen LogP contribution in [0.4, 0.5) is 0 Å². The van der Waals surface area contributed by atoms with Crippen molar-refractivity contribution in [1.82, 2.24) is 14.9 Å². The van der Waals surface area contributed by atoms with Gasteiger partial charge in [-0.15, -0.1) is 0 Å². The number of nitrogens with zero attached hydrogens (tertiary/aromatic N) is 2. The third kappa shape index (κ3) is 5.78. The van der Waals surface area contributed by atoms with Gasteiger partial charge in [0.1, 0.15) is 18.2 Å². The molecule has 6 nitrogen and oxygen atoms in total. The Balaban J connectivity index is 1.41. The number of carbonyl (C=O) groups is 1. The monoisotopic (exact) mass is 453 g/mol. The summed E-state index contributed by atoms with van der Waals surface area (Å²) in [5.74, 6) is 1.07. The molecule has 1 N–H and O–H groups in total. The number of ether oxygens (including phenoxy) is 1. The van der Waals surface area contributed by atoms with E-state index in [0.717, 1.165) is 16.9 Å². The first-order valence-electron chi connectivity index (χ1n) is 11.2. The number of fused-ring (bicyclic) bond motifs is 1. The summed E-state index contributed by atoms with van der Waals surface area (Å²) in [6, 6.07) is 24.7. The zero-order valence-electron chi connectivity index (χ0n) is 19.3. The lowest BCUT2D eigenvalue weighted by molar-refractivity contribution is -0.128. The quantitative estimate of drug-likeness (QED) is 0.383. The number of hydrogen-bond acceptors (Lipinski definition) is 4. The number of carbonyl (C=O) groups excluding carboxylic acids is 1. The predicted octanol–water partition coefficient (Wildman–Crippen LogP) is 4.95. The summed E-state index contributed by atoms with van der Waals surface area (Å²) in [5.41, 5.74) is 2.40. The SMILES string of the molecule is CC(C)N(Cc1nc2ccccc2c(=O)[nH]1)C(=O)C=Cc1ccc(OCc2ccccc2)cc1. The highest BCUT2D eigenvalue weighted by atomic mass is 16.5. The highest BCUT2D eigenvalue weighted by molar-refractivity contribution is 5.92. The van der Waals surface area contributed by atoms with E-state index in [9.17, 15) is 9.59 Å². The molecule has 0 bridgehead atoms. The number of aromatic amines is 1. The molecule has 0 radical (unpaired) electrons.